The Hall–Kier alpha value is -1.38. The van der Waals surface area contributed by atoms with Crippen molar-refractivity contribution in [3.8, 4) is 0 Å². The molecule has 116 valence electrons. The normalized spacial score (nSPS) is 17.5. The van der Waals surface area contributed by atoms with Crippen molar-refractivity contribution in [1.82, 2.24) is 10.2 Å². The number of aliphatic hydroxyl groups is 1. The van der Waals surface area contributed by atoms with Crippen molar-refractivity contribution in [2.75, 3.05) is 46.6 Å². The summed E-state index contributed by atoms with van der Waals surface area (Å²) in [6.07, 6.45) is 0.455. The second-order valence-electron chi connectivity index (χ2n) is 4.63. The average Bonchev–Trinajstić information content (AvgIpc) is 2.44. The molecule has 0 spiro atoms. The van der Waals surface area contributed by atoms with Crippen molar-refractivity contribution < 1.29 is 29.3 Å². The molecule has 1 heterocycles. The van der Waals surface area contributed by atoms with Crippen molar-refractivity contribution in [3.05, 3.63) is 0 Å². The first kappa shape index (κ1) is 16.7. The number of carboxylic acids is 1. The van der Waals surface area contributed by atoms with E-state index in [4.69, 9.17) is 14.6 Å². The summed E-state index contributed by atoms with van der Waals surface area (Å²) in [6.45, 7) is 1.13. The fraction of sp³-hybridized carbons (Fsp3) is 0.833. The molecular weight excluding hydrogens is 268 g/mol. The fourth-order valence-electron chi connectivity index (χ4n) is 2.03. The third kappa shape index (κ3) is 4.32. The monoisotopic (exact) mass is 290 g/mol. The molecule has 1 rings (SSSR count). The SMILES string of the molecule is COCCN(CCO)C(=O)NC1(C(=O)O)CCOCC1. The lowest BCUT2D eigenvalue weighted by Gasteiger charge is -2.35. The summed E-state index contributed by atoms with van der Waals surface area (Å²) < 4.78 is 10.0. The molecule has 20 heavy (non-hydrogen) atoms. The number of nitrogens with one attached hydrogen (secondary N) is 1. The molecule has 0 atom stereocenters. The fourth-order valence-corrected chi connectivity index (χ4v) is 2.03. The number of carboxylic acid groups (broad SMARTS) is 1. The Labute approximate surface area is 117 Å². The predicted octanol–water partition coefficient (Wildman–Crippen LogP) is -0.729. The molecule has 0 aromatic rings. The second kappa shape index (κ2) is 8.03. The van der Waals surface area contributed by atoms with Crippen LogP contribution in [0.1, 0.15) is 12.8 Å². The highest BCUT2D eigenvalue weighted by Gasteiger charge is 2.42. The van der Waals surface area contributed by atoms with E-state index in [0.29, 0.717) is 19.8 Å². The lowest BCUT2D eigenvalue weighted by atomic mass is 9.90. The van der Waals surface area contributed by atoms with Gasteiger partial charge in [-0.05, 0) is 0 Å². The molecule has 8 nitrogen and oxygen atoms in total. The minimum atomic E-state index is -1.30. The van der Waals surface area contributed by atoms with Gasteiger partial charge in [0.15, 0.2) is 0 Å². The number of urea groups is 1. The molecule has 8 heteroatoms. The van der Waals surface area contributed by atoms with Crippen LogP contribution < -0.4 is 5.32 Å². The number of hydrogen-bond donors (Lipinski definition) is 3. The number of amides is 2. The molecule has 1 aliphatic heterocycles. The van der Waals surface area contributed by atoms with Crippen LogP contribution in [0, 0.1) is 0 Å². The lowest BCUT2D eigenvalue weighted by molar-refractivity contribution is -0.148. The molecule has 2 amide bonds. The van der Waals surface area contributed by atoms with Crippen LogP contribution in [0.25, 0.3) is 0 Å². The van der Waals surface area contributed by atoms with E-state index in [1.165, 1.54) is 12.0 Å². The zero-order valence-corrected chi connectivity index (χ0v) is 11.6. The number of methoxy groups -OCH3 is 1. The summed E-state index contributed by atoms with van der Waals surface area (Å²) in [5.41, 5.74) is -1.30. The number of ether oxygens (including phenoxy) is 2. The Kier molecular flexibility index (Phi) is 6.69. The van der Waals surface area contributed by atoms with Crippen molar-refractivity contribution in [3.63, 3.8) is 0 Å². The molecule has 1 aliphatic rings. The van der Waals surface area contributed by atoms with E-state index in [9.17, 15) is 14.7 Å². The largest absolute Gasteiger partial charge is 0.480 e. The average molecular weight is 290 g/mol. The molecule has 0 unspecified atom stereocenters. The number of carbonyl (C=O) groups is 2. The number of rotatable bonds is 7. The number of nitrogens with zero attached hydrogens (tertiary/aromatic N) is 1. The summed E-state index contributed by atoms with van der Waals surface area (Å²) in [4.78, 5) is 24.9. The number of aliphatic hydroxyl groups excluding tert-OH is 1. The van der Waals surface area contributed by atoms with Crippen molar-refractivity contribution in [2.45, 2.75) is 18.4 Å². The smallest absolute Gasteiger partial charge is 0.329 e. The van der Waals surface area contributed by atoms with E-state index in [0.717, 1.165) is 0 Å². The second-order valence-corrected chi connectivity index (χ2v) is 4.63. The third-order valence-electron chi connectivity index (χ3n) is 3.32. The van der Waals surface area contributed by atoms with Crippen LogP contribution in [0.4, 0.5) is 4.79 Å². The summed E-state index contributed by atoms with van der Waals surface area (Å²) in [7, 11) is 1.51. The van der Waals surface area contributed by atoms with E-state index < -0.39 is 17.5 Å². The minimum Gasteiger partial charge on any atom is -0.480 e. The highest BCUT2D eigenvalue weighted by atomic mass is 16.5. The van der Waals surface area contributed by atoms with Gasteiger partial charge in [0.2, 0.25) is 0 Å². The summed E-state index contributed by atoms with van der Waals surface area (Å²) >= 11 is 0. The van der Waals surface area contributed by atoms with Gasteiger partial charge in [-0.3, -0.25) is 0 Å². The van der Waals surface area contributed by atoms with Gasteiger partial charge in [-0.1, -0.05) is 0 Å². The quantitative estimate of drug-likeness (QED) is 0.570. The maximum Gasteiger partial charge on any atom is 0.329 e. The summed E-state index contributed by atoms with van der Waals surface area (Å²) in [6, 6.07) is -0.514. The molecule has 0 aliphatic carbocycles. The Balaban J connectivity index is 2.69. The molecular formula is C12H22N2O6. The van der Waals surface area contributed by atoms with Crippen LogP contribution in [-0.2, 0) is 14.3 Å². The van der Waals surface area contributed by atoms with Gasteiger partial charge >= 0.3 is 12.0 Å². The predicted molar refractivity (Wildman–Crippen MR) is 69.5 cm³/mol. The highest BCUT2D eigenvalue weighted by molar-refractivity contribution is 5.86. The van der Waals surface area contributed by atoms with Gasteiger partial charge in [-0.15, -0.1) is 0 Å². The van der Waals surface area contributed by atoms with Gasteiger partial charge in [0.05, 0.1) is 13.2 Å². The lowest BCUT2D eigenvalue weighted by Crippen LogP contribution is -2.60. The Morgan fingerprint density at radius 3 is 2.50 bits per heavy atom. The number of carbonyl (C=O) groups excluding carboxylic acids is 1. The van der Waals surface area contributed by atoms with Gasteiger partial charge in [0.25, 0.3) is 0 Å². The van der Waals surface area contributed by atoms with Gasteiger partial charge in [-0.25, -0.2) is 9.59 Å². The standard InChI is InChI=1S/C12H22N2O6/c1-19-9-5-14(4-6-15)11(18)13-12(10(16)17)2-7-20-8-3-12/h15H,2-9H2,1H3,(H,13,18)(H,16,17). The van der Waals surface area contributed by atoms with E-state index in [2.05, 4.69) is 5.32 Å². The number of aliphatic carboxylic acids is 1. The summed E-state index contributed by atoms with van der Waals surface area (Å²) in [5, 5.41) is 20.9. The van der Waals surface area contributed by atoms with E-state index in [1.807, 2.05) is 0 Å². The first-order chi connectivity index (χ1) is 9.55. The maximum atomic E-state index is 12.2. The zero-order valence-electron chi connectivity index (χ0n) is 11.6. The number of hydrogen-bond acceptors (Lipinski definition) is 5. The molecule has 1 saturated heterocycles. The minimum absolute atomic E-state index is 0.126. The zero-order chi connectivity index (χ0) is 15.0. The first-order valence-electron chi connectivity index (χ1n) is 6.54. The molecule has 0 aromatic heterocycles. The van der Waals surface area contributed by atoms with Gasteiger partial charge in [0.1, 0.15) is 5.54 Å². The van der Waals surface area contributed by atoms with Gasteiger partial charge in [0, 0.05) is 46.3 Å². The molecule has 0 bridgehead atoms. The van der Waals surface area contributed by atoms with E-state index in [1.54, 1.807) is 0 Å². The highest BCUT2D eigenvalue weighted by Crippen LogP contribution is 2.21. The van der Waals surface area contributed by atoms with Crippen LogP contribution in [-0.4, -0.2) is 79.3 Å². The van der Waals surface area contributed by atoms with Crippen LogP contribution in [0.5, 0.6) is 0 Å². The Morgan fingerprint density at radius 1 is 1.35 bits per heavy atom. The van der Waals surface area contributed by atoms with E-state index >= 15 is 0 Å². The molecule has 1 fully saturated rings. The van der Waals surface area contributed by atoms with E-state index in [-0.39, 0.29) is 32.5 Å². The summed E-state index contributed by atoms with van der Waals surface area (Å²) in [5.74, 6) is -1.06. The molecule has 0 saturated carbocycles. The van der Waals surface area contributed by atoms with Gasteiger partial charge < -0.3 is 29.9 Å². The van der Waals surface area contributed by atoms with Crippen molar-refractivity contribution in [1.29, 1.82) is 0 Å². The first-order valence-corrected chi connectivity index (χ1v) is 6.54. The topological polar surface area (TPSA) is 108 Å². The van der Waals surface area contributed by atoms with Crippen LogP contribution >= 0.6 is 0 Å². The third-order valence-corrected chi connectivity index (χ3v) is 3.32. The van der Waals surface area contributed by atoms with Crippen molar-refractivity contribution >= 4 is 12.0 Å². The van der Waals surface area contributed by atoms with Crippen LogP contribution in [0.3, 0.4) is 0 Å². The molecule has 0 aromatic carbocycles. The molecule has 3 N–H and O–H groups in total. The van der Waals surface area contributed by atoms with Gasteiger partial charge in [-0.2, -0.15) is 0 Å². The van der Waals surface area contributed by atoms with Crippen molar-refractivity contribution in [2.24, 2.45) is 0 Å². The van der Waals surface area contributed by atoms with Crippen LogP contribution in [0.2, 0.25) is 0 Å². The Bertz CT molecular complexity index is 330. The van der Waals surface area contributed by atoms with Crippen LogP contribution in [0.15, 0.2) is 0 Å². The maximum absolute atomic E-state index is 12.2. The molecule has 0 radical (unpaired) electrons. The Morgan fingerprint density at radius 2 is 2.00 bits per heavy atom.